The Morgan fingerprint density at radius 2 is 1.68 bits per heavy atom. The van der Waals surface area contributed by atoms with Crippen molar-refractivity contribution in [2.45, 2.75) is 26.4 Å². The molecular formula is C23H22O4S. The van der Waals surface area contributed by atoms with E-state index in [1.807, 2.05) is 54.6 Å². The maximum atomic E-state index is 12.7. The molecule has 0 bridgehead atoms. The molecule has 1 aromatic heterocycles. The molecule has 0 unspecified atom stereocenters. The van der Waals surface area contributed by atoms with E-state index in [1.165, 1.54) is 11.3 Å². The molecule has 0 fully saturated rings. The molecule has 2 aromatic carbocycles. The molecule has 0 saturated heterocycles. The maximum Gasteiger partial charge on any atom is 0.348 e. The van der Waals surface area contributed by atoms with Gasteiger partial charge in [-0.15, -0.1) is 11.3 Å². The number of carbonyl (C=O) groups is 2. The van der Waals surface area contributed by atoms with Gasteiger partial charge >= 0.3 is 5.97 Å². The zero-order valence-electron chi connectivity index (χ0n) is 15.7. The van der Waals surface area contributed by atoms with E-state index in [1.54, 1.807) is 19.1 Å². The highest BCUT2D eigenvalue weighted by Crippen LogP contribution is 2.24. The van der Waals surface area contributed by atoms with Crippen LogP contribution in [0.4, 0.5) is 0 Å². The summed E-state index contributed by atoms with van der Waals surface area (Å²) in [6.07, 6.45) is 0.935. The van der Waals surface area contributed by atoms with Crippen molar-refractivity contribution in [3.05, 3.63) is 87.6 Å². The summed E-state index contributed by atoms with van der Waals surface area (Å²) in [6.45, 7) is 2.55. The Kier molecular flexibility index (Phi) is 6.98. The SMILES string of the molecule is CCOC(=O)c1ccc(CCC(=O)c2ccccc2OCc2ccccc2)s1. The van der Waals surface area contributed by atoms with Crippen LogP contribution in [0, 0.1) is 0 Å². The van der Waals surface area contributed by atoms with Gasteiger partial charge in [0.25, 0.3) is 0 Å². The summed E-state index contributed by atoms with van der Waals surface area (Å²) in [5.41, 5.74) is 1.63. The van der Waals surface area contributed by atoms with Crippen molar-refractivity contribution in [2.24, 2.45) is 0 Å². The topological polar surface area (TPSA) is 52.6 Å². The van der Waals surface area contributed by atoms with Gasteiger partial charge in [0.1, 0.15) is 17.2 Å². The maximum absolute atomic E-state index is 12.7. The third kappa shape index (κ3) is 5.30. The van der Waals surface area contributed by atoms with Crippen LogP contribution in [0.5, 0.6) is 5.75 Å². The van der Waals surface area contributed by atoms with Crippen LogP contribution in [0.25, 0.3) is 0 Å². The third-order valence-electron chi connectivity index (χ3n) is 4.16. The van der Waals surface area contributed by atoms with Gasteiger partial charge in [0.2, 0.25) is 0 Å². The Morgan fingerprint density at radius 1 is 0.929 bits per heavy atom. The minimum absolute atomic E-state index is 0.0229. The molecule has 0 aliphatic rings. The number of para-hydroxylation sites is 1. The highest BCUT2D eigenvalue weighted by atomic mass is 32.1. The zero-order valence-corrected chi connectivity index (χ0v) is 16.5. The van der Waals surface area contributed by atoms with Crippen LogP contribution in [0.1, 0.15) is 43.8 Å². The molecule has 0 aliphatic carbocycles. The molecule has 28 heavy (non-hydrogen) atoms. The van der Waals surface area contributed by atoms with E-state index in [4.69, 9.17) is 9.47 Å². The summed E-state index contributed by atoms with van der Waals surface area (Å²) in [6, 6.07) is 20.8. The van der Waals surface area contributed by atoms with Crippen molar-refractivity contribution in [1.29, 1.82) is 0 Å². The van der Waals surface area contributed by atoms with Crippen molar-refractivity contribution in [2.75, 3.05) is 6.61 Å². The molecule has 1 heterocycles. The van der Waals surface area contributed by atoms with Gasteiger partial charge in [0.15, 0.2) is 5.78 Å². The Hall–Kier alpha value is -2.92. The van der Waals surface area contributed by atoms with Crippen LogP contribution >= 0.6 is 11.3 Å². The van der Waals surface area contributed by atoms with Crippen molar-refractivity contribution in [3.8, 4) is 5.75 Å². The predicted octanol–water partition coefficient (Wildman–Crippen LogP) is 5.32. The molecule has 5 heteroatoms. The fourth-order valence-corrected chi connectivity index (χ4v) is 3.65. The fraction of sp³-hybridized carbons (Fsp3) is 0.217. The Morgan fingerprint density at radius 3 is 2.46 bits per heavy atom. The van der Waals surface area contributed by atoms with E-state index in [2.05, 4.69) is 0 Å². The van der Waals surface area contributed by atoms with Gasteiger partial charge in [0.05, 0.1) is 12.2 Å². The summed E-state index contributed by atoms with van der Waals surface area (Å²) in [5.74, 6) is 0.300. The molecule has 0 saturated carbocycles. The Balaban J connectivity index is 1.61. The smallest absolute Gasteiger partial charge is 0.348 e. The molecule has 0 aliphatic heterocycles. The molecule has 144 valence electrons. The number of hydrogen-bond acceptors (Lipinski definition) is 5. The summed E-state index contributed by atoms with van der Waals surface area (Å²) >= 11 is 1.37. The zero-order chi connectivity index (χ0) is 19.8. The van der Waals surface area contributed by atoms with Crippen LogP contribution < -0.4 is 4.74 Å². The van der Waals surface area contributed by atoms with E-state index < -0.39 is 0 Å². The lowest BCUT2D eigenvalue weighted by atomic mass is 10.0. The largest absolute Gasteiger partial charge is 0.488 e. The van der Waals surface area contributed by atoms with Crippen LogP contribution in [0.3, 0.4) is 0 Å². The lowest BCUT2D eigenvalue weighted by Crippen LogP contribution is -2.05. The summed E-state index contributed by atoms with van der Waals surface area (Å²) in [4.78, 5) is 26.0. The highest BCUT2D eigenvalue weighted by molar-refractivity contribution is 7.13. The van der Waals surface area contributed by atoms with E-state index in [9.17, 15) is 9.59 Å². The number of benzene rings is 2. The van der Waals surface area contributed by atoms with Crippen LogP contribution in [-0.2, 0) is 17.8 Å². The number of ketones is 1. The molecule has 0 atom stereocenters. The fourth-order valence-electron chi connectivity index (χ4n) is 2.75. The number of thiophene rings is 1. The van der Waals surface area contributed by atoms with Crippen molar-refractivity contribution in [3.63, 3.8) is 0 Å². The quantitative estimate of drug-likeness (QED) is 0.364. The average molecular weight is 394 g/mol. The van der Waals surface area contributed by atoms with Gasteiger partial charge in [-0.1, -0.05) is 42.5 Å². The third-order valence-corrected chi connectivity index (χ3v) is 5.29. The first-order valence-electron chi connectivity index (χ1n) is 9.22. The van der Waals surface area contributed by atoms with Gasteiger partial charge in [-0.2, -0.15) is 0 Å². The number of carbonyl (C=O) groups excluding carboxylic acids is 2. The average Bonchev–Trinajstić information content (AvgIpc) is 3.21. The Bertz CT molecular complexity index is 931. The van der Waals surface area contributed by atoms with E-state index in [0.717, 1.165) is 10.4 Å². The second-order valence-corrected chi connectivity index (χ2v) is 7.35. The van der Waals surface area contributed by atoms with Gasteiger partial charge in [-0.3, -0.25) is 4.79 Å². The summed E-state index contributed by atoms with van der Waals surface area (Å²) in [5, 5.41) is 0. The van der Waals surface area contributed by atoms with Crippen molar-refractivity contribution < 1.29 is 19.1 Å². The lowest BCUT2D eigenvalue weighted by molar-refractivity contribution is 0.0532. The van der Waals surface area contributed by atoms with Crippen molar-refractivity contribution >= 4 is 23.1 Å². The summed E-state index contributed by atoms with van der Waals surface area (Å²) in [7, 11) is 0. The Labute approximate surface area is 168 Å². The molecule has 0 radical (unpaired) electrons. The first-order valence-corrected chi connectivity index (χ1v) is 10.0. The van der Waals surface area contributed by atoms with Crippen molar-refractivity contribution in [1.82, 2.24) is 0 Å². The van der Waals surface area contributed by atoms with E-state index >= 15 is 0 Å². The molecule has 4 nitrogen and oxygen atoms in total. The van der Waals surface area contributed by atoms with E-state index in [-0.39, 0.29) is 11.8 Å². The van der Waals surface area contributed by atoms with Crippen LogP contribution in [0.2, 0.25) is 0 Å². The molecule has 3 aromatic rings. The van der Waals surface area contributed by atoms with E-state index in [0.29, 0.717) is 42.2 Å². The standard InChI is InChI=1S/C23H22O4S/c1-2-26-23(25)22-15-13-18(28-22)12-14-20(24)19-10-6-7-11-21(19)27-16-17-8-4-3-5-9-17/h3-11,13,15H,2,12,14,16H2,1H3. The monoisotopic (exact) mass is 394 g/mol. The number of hydrogen-bond donors (Lipinski definition) is 0. The van der Waals surface area contributed by atoms with Gasteiger partial charge < -0.3 is 9.47 Å². The minimum atomic E-state index is -0.315. The number of ether oxygens (including phenoxy) is 2. The highest BCUT2D eigenvalue weighted by Gasteiger charge is 2.14. The number of aryl methyl sites for hydroxylation is 1. The van der Waals surface area contributed by atoms with Gasteiger partial charge in [-0.25, -0.2) is 4.79 Å². The molecular weight excluding hydrogens is 372 g/mol. The second kappa shape index (κ2) is 9.85. The second-order valence-electron chi connectivity index (χ2n) is 6.18. The predicted molar refractivity (Wildman–Crippen MR) is 110 cm³/mol. The molecule has 0 amide bonds. The van der Waals surface area contributed by atoms with Crippen LogP contribution in [0.15, 0.2) is 66.7 Å². The number of esters is 1. The first kappa shape index (κ1) is 19.8. The summed E-state index contributed by atoms with van der Waals surface area (Å²) < 4.78 is 10.9. The van der Waals surface area contributed by atoms with Gasteiger partial charge in [-0.05, 0) is 43.2 Å². The lowest BCUT2D eigenvalue weighted by Gasteiger charge is -2.10. The van der Waals surface area contributed by atoms with Crippen LogP contribution in [-0.4, -0.2) is 18.4 Å². The first-order chi connectivity index (χ1) is 13.7. The van der Waals surface area contributed by atoms with Gasteiger partial charge in [0, 0.05) is 11.3 Å². The molecule has 3 rings (SSSR count). The number of Topliss-reactive ketones (excluding diaryl/α,β-unsaturated/α-hetero) is 1. The minimum Gasteiger partial charge on any atom is -0.488 e. The molecule has 0 N–H and O–H groups in total. The number of rotatable bonds is 9. The molecule has 0 spiro atoms. The normalized spacial score (nSPS) is 10.5.